The van der Waals surface area contributed by atoms with Crippen LogP contribution in [0.4, 0.5) is 0 Å². The predicted molar refractivity (Wildman–Crippen MR) is 129 cm³/mol. The molecular weight excluding hydrogens is 476 g/mol. The summed E-state index contributed by atoms with van der Waals surface area (Å²) >= 11 is 7.63. The highest BCUT2D eigenvalue weighted by molar-refractivity contribution is 7.81. The number of unbranched alkanes of at least 4 members (excludes halogenated alkanes) is 1. The lowest BCUT2D eigenvalue weighted by molar-refractivity contribution is -0.157. The summed E-state index contributed by atoms with van der Waals surface area (Å²) in [5.74, 6) is -3.48. The lowest BCUT2D eigenvalue weighted by Gasteiger charge is -2.25. The van der Waals surface area contributed by atoms with Gasteiger partial charge in [0.05, 0.1) is 11.5 Å². The largest absolute Gasteiger partial charge is 0.481 e. The van der Waals surface area contributed by atoms with Crippen LogP contribution in [-0.4, -0.2) is 69.4 Å². The molecule has 1 unspecified atom stereocenters. The number of rotatable bonds is 12. The van der Waals surface area contributed by atoms with Gasteiger partial charge in [-0.05, 0) is 31.6 Å². The third-order valence-electron chi connectivity index (χ3n) is 3.22. The molecule has 0 amide bonds. The fourth-order valence-corrected chi connectivity index (χ4v) is 1.99. The minimum Gasteiger partial charge on any atom is -0.481 e. The number of ether oxygens (including phenoxy) is 2. The van der Waals surface area contributed by atoms with Crippen LogP contribution in [0.15, 0.2) is 12.2 Å². The molecule has 33 heavy (non-hydrogen) atoms. The minimum absolute atomic E-state index is 0.0150. The Hall–Kier alpha value is -2.21. The smallest absolute Gasteiger partial charge is 0.330 e. The van der Waals surface area contributed by atoms with Crippen molar-refractivity contribution in [2.45, 2.75) is 65.9 Å². The van der Waals surface area contributed by atoms with Crippen LogP contribution in [0.3, 0.4) is 0 Å². The molecule has 0 aromatic carbocycles. The predicted octanol–water partition coefficient (Wildman–Crippen LogP) is 3.10. The van der Waals surface area contributed by atoms with Crippen LogP contribution in [0.5, 0.6) is 0 Å². The Morgan fingerprint density at radius 2 is 1.27 bits per heavy atom. The maximum atomic E-state index is 11.2. The van der Waals surface area contributed by atoms with E-state index in [0.29, 0.717) is 19.3 Å². The van der Waals surface area contributed by atoms with Gasteiger partial charge in [0.15, 0.2) is 0 Å². The number of carboxylic acids is 3. The molecule has 3 N–H and O–H groups in total. The van der Waals surface area contributed by atoms with Crippen LogP contribution in [0.2, 0.25) is 0 Å². The zero-order valence-electron chi connectivity index (χ0n) is 19.5. The second-order valence-corrected chi connectivity index (χ2v) is 8.59. The van der Waals surface area contributed by atoms with Gasteiger partial charge in [-0.25, -0.2) is 4.79 Å². The maximum absolute atomic E-state index is 11.2. The first kappa shape index (κ1) is 35.4. The first-order valence-corrected chi connectivity index (χ1v) is 11.2. The van der Waals surface area contributed by atoms with Gasteiger partial charge < -0.3 is 24.8 Å². The fraction of sp³-hybridized carbons (Fsp3) is 0.667. The Morgan fingerprint density at radius 3 is 1.55 bits per heavy atom. The quantitative estimate of drug-likeness (QED) is 0.114. The van der Waals surface area contributed by atoms with Gasteiger partial charge >= 0.3 is 29.8 Å². The number of hydrogen-bond acceptors (Lipinski definition) is 9. The second kappa shape index (κ2) is 20.4. The molecule has 0 aliphatic rings. The monoisotopic (exact) mass is 512 g/mol. The van der Waals surface area contributed by atoms with E-state index >= 15 is 0 Å². The van der Waals surface area contributed by atoms with E-state index < -0.39 is 36.0 Å². The number of carboxylic acid groups (broad SMARTS) is 3. The van der Waals surface area contributed by atoms with Gasteiger partial charge in [0.2, 0.25) is 0 Å². The summed E-state index contributed by atoms with van der Waals surface area (Å²) in [6, 6.07) is 0. The van der Waals surface area contributed by atoms with E-state index in [9.17, 15) is 24.0 Å². The standard InChI is InChI=1S/C11H20O4S2.C6H10O4.C4H6O2/c1-11(2,3)4-8(15-10(13)7-17)5-14-9(12)6-16;7-5(8)3-1-2-4-6(9)10;1-3(2)4(5)6/h8,16-17H,4-7H2,1-3H3;1-4H2,(H,7,8)(H,9,10);1H2,2H3,(H,5,6). The zero-order chi connectivity index (χ0) is 26.6. The number of thiol groups is 2. The summed E-state index contributed by atoms with van der Waals surface area (Å²) in [5, 5.41) is 24.2. The summed E-state index contributed by atoms with van der Waals surface area (Å²) in [6.45, 7) is 10.7. The Morgan fingerprint density at radius 1 is 0.879 bits per heavy atom. The number of carbonyl (C=O) groups is 5. The van der Waals surface area contributed by atoms with Crippen molar-refractivity contribution >= 4 is 55.1 Å². The third-order valence-corrected chi connectivity index (χ3v) is 3.74. The number of carbonyl (C=O) groups excluding carboxylic acids is 2. The highest BCUT2D eigenvalue weighted by Crippen LogP contribution is 2.22. The SMILES string of the molecule is C=C(C)C(=O)O.CC(C)(C)CC(COC(=O)CS)OC(=O)CS.O=C(O)CCCCC(=O)O. The number of aliphatic carboxylic acids is 3. The zero-order valence-corrected chi connectivity index (χ0v) is 21.3. The lowest BCUT2D eigenvalue weighted by Crippen LogP contribution is -2.30. The molecule has 0 bridgehead atoms. The maximum Gasteiger partial charge on any atom is 0.330 e. The molecule has 1 atom stereocenters. The van der Waals surface area contributed by atoms with Crippen molar-refractivity contribution in [3.05, 3.63) is 12.2 Å². The molecule has 0 aliphatic heterocycles. The second-order valence-electron chi connectivity index (χ2n) is 7.96. The van der Waals surface area contributed by atoms with E-state index in [1.807, 2.05) is 20.8 Å². The Labute approximate surface area is 205 Å². The summed E-state index contributed by atoms with van der Waals surface area (Å²) in [7, 11) is 0. The average molecular weight is 513 g/mol. The molecular formula is C21H36O10S2. The molecule has 0 aliphatic carbocycles. The van der Waals surface area contributed by atoms with Crippen molar-refractivity contribution < 1.29 is 48.8 Å². The first-order valence-electron chi connectivity index (χ1n) is 9.94. The van der Waals surface area contributed by atoms with E-state index in [4.69, 9.17) is 24.8 Å². The van der Waals surface area contributed by atoms with E-state index in [-0.39, 0.29) is 41.9 Å². The van der Waals surface area contributed by atoms with E-state index in [1.165, 1.54) is 6.92 Å². The van der Waals surface area contributed by atoms with E-state index in [2.05, 4.69) is 31.8 Å². The first-order chi connectivity index (χ1) is 15.0. The van der Waals surface area contributed by atoms with Crippen LogP contribution >= 0.6 is 25.3 Å². The van der Waals surface area contributed by atoms with Crippen molar-refractivity contribution in [3.8, 4) is 0 Å². The van der Waals surface area contributed by atoms with Crippen molar-refractivity contribution in [1.82, 2.24) is 0 Å². The molecule has 0 fully saturated rings. The summed E-state index contributed by atoms with van der Waals surface area (Å²) in [4.78, 5) is 51.5. The highest BCUT2D eigenvalue weighted by atomic mass is 32.1. The van der Waals surface area contributed by atoms with Gasteiger partial charge in [-0.3, -0.25) is 19.2 Å². The highest BCUT2D eigenvalue weighted by Gasteiger charge is 2.23. The third kappa shape index (κ3) is 32.1. The van der Waals surface area contributed by atoms with E-state index in [1.54, 1.807) is 0 Å². The number of hydrogen-bond donors (Lipinski definition) is 5. The minimum atomic E-state index is -0.935. The van der Waals surface area contributed by atoms with Gasteiger partial charge in [-0.2, -0.15) is 25.3 Å². The van der Waals surface area contributed by atoms with Crippen LogP contribution < -0.4 is 0 Å². The Kier molecular flexibility index (Phi) is 21.9. The van der Waals surface area contributed by atoms with Crippen molar-refractivity contribution in [2.24, 2.45) is 5.41 Å². The summed E-state index contributed by atoms with van der Waals surface area (Å²) in [6.07, 6.45) is 1.20. The number of esters is 2. The topological polar surface area (TPSA) is 164 Å². The van der Waals surface area contributed by atoms with Gasteiger partial charge in [0.25, 0.3) is 0 Å². The molecule has 0 saturated heterocycles. The van der Waals surface area contributed by atoms with Crippen molar-refractivity contribution in [3.63, 3.8) is 0 Å². The summed E-state index contributed by atoms with van der Waals surface area (Å²) < 4.78 is 10.1. The average Bonchev–Trinajstić information content (AvgIpc) is 2.68. The van der Waals surface area contributed by atoms with Crippen LogP contribution in [0.1, 0.15) is 59.8 Å². The lowest BCUT2D eigenvalue weighted by atomic mass is 9.89. The van der Waals surface area contributed by atoms with Crippen molar-refractivity contribution in [1.29, 1.82) is 0 Å². The van der Waals surface area contributed by atoms with Crippen LogP contribution in [0, 0.1) is 5.41 Å². The molecule has 0 rings (SSSR count). The Bertz CT molecular complexity index is 613. The van der Waals surface area contributed by atoms with Crippen LogP contribution in [-0.2, 0) is 33.4 Å². The molecule has 0 radical (unpaired) electrons. The summed E-state index contributed by atoms with van der Waals surface area (Å²) in [5.41, 5.74) is 0.157. The molecule has 0 aromatic heterocycles. The molecule has 0 spiro atoms. The van der Waals surface area contributed by atoms with E-state index in [0.717, 1.165) is 0 Å². The van der Waals surface area contributed by atoms with Crippen LogP contribution in [0.25, 0.3) is 0 Å². The molecule has 0 saturated carbocycles. The molecule has 0 aromatic rings. The normalized spacial score (nSPS) is 10.8. The van der Waals surface area contributed by atoms with Crippen molar-refractivity contribution in [2.75, 3.05) is 18.1 Å². The molecule has 0 heterocycles. The fourth-order valence-electron chi connectivity index (χ4n) is 1.82. The molecule has 192 valence electrons. The van der Waals surface area contributed by atoms with Gasteiger partial charge in [-0.15, -0.1) is 0 Å². The Balaban J connectivity index is -0.000000473. The van der Waals surface area contributed by atoms with Gasteiger partial charge in [0, 0.05) is 18.4 Å². The van der Waals surface area contributed by atoms with Gasteiger partial charge in [-0.1, -0.05) is 27.4 Å². The molecule has 10 nitrogen and oxygen atoms in total. The van der Waals surface area contributed by atoms with Gasteiger partial charge in [0.1, 0.15) is 12.7 Å². The molecule has 12 heteroatoms.